The lowest BCUT2D eigenvalue weighted by molar-refractivity contribution is -0.117. The lowest BCUT2D eigenvalue weighted by Gasteiger charge is -2.22. The van der Waals surface area contributed by atoms with Crippen molar-refractivity contribution in [2.24, 2.45) is 0 Å². The molecule has 5 rings (SSSR count). The van der Waals surface area contributed by atoms with E-state index in [0.29, 0.717) is 33.5 Å². The van der Waals surface area contributed by atoms with Gasteiger partial charge >= 0.3 is 0 Å². The first-order valence-corrected chi connectivity index (χ1v) is 13.5. The van der Waals surface area contributed by atoms with Gasteiger partial charge in [0.15, 0.2) is 5.16 Å². The second kappa shape index (κ2) is 10.1. The molecule has 0 spiro atoms. The second-order valence-electron chi connectivity index (χ2n) is 9.23. The van der Waals surface area contributed by atoms with E-state index in [4.69, 9.17) is 16.6 Å². The Hall–Kier alpha value is -3.09. The van der Waals surface area contributed by atoms with Crippen LogP contribution in [0.4, 0.5) is 5.69 Å². The van der Waals surface area contributed by atoms with Gasteiger partial charge in [0.25, 0.3) is 5.56 Å². The standard InChI is InChI=1S/C29H28ClN3O2S/c1-4-18(2)20-9-12-23(13-10-20)33-28(35)24-17-22(30)11-14-25(24)31-29(33)36-19(3)27(34)32-16-15-21-7-5-6-8-26(21)32/h5-14,17-19H,4,15-16H2,1-3H3/t18-,19+/m0/s1. The number of carbonyl (C=O) groups excluding carboxylic acids is 1. The molecule has 0 saturated heterocycles. The largest absolute Gasteiger partial charge is 0.311 e. The zero-order valence-electron chi connectivity index (χ0n) is 20.6. The van der Waals surface area contributed by atoms with Crippen molar-refractivity contribution >= 4 is 45.9 Å². The third-order valence-electron chi connectivity index (χ3n) is 6.92. The maximum absolute atomic E-state index is 13.7. The minimum Gasteiger partial charge on any atom is -0.311 e. The van der Waals surface area contributed by atoms with Crippen LogP contribution in [0, 0.1) is 0 Å². The van der Waals surface area contributed by atoms with E-state index in [1.165, 1.54) is 22.9 Å². The molecule has 2 atom stereocenters. The van der Waals surface area contributed by atoms with E-state index in [2.05, 4.69) is 32.0 Å². The predicted molar refractivity (Wildman–Crippen MR) is 149 cm³/mol. The highest BCUT2D eigenvalue weighted by molar-refractivity contribution is 8.00. The van der Waals surface area contributed by atoms with Crippen molar-refractivity contribution < 1.29 is 4.79 Å². The minimum atomic E-state index is -0.432. The highest BCUT2D eigenvalue weighted by Crippen LogP contribution is 2.32. The van der Waals surface area contributed by atoms with Gasteiger partial charge in [0.2, 0.25) is 5.91 Å². The Morgan fingerprint density at radius 3 is 2.58 bits per heavy atom. The van der Waals surface area contributed by atoms with Crippen LogP contribution in [0.25, 0.3) is 16.6 Å². The SMILES string of the molecule is CC[C@H](C)c1ccc(-n2c(S[C@H](C)C(=O)N3CCc4ccccc43)nc3ccc(Cl)cc3c2=O)cc1. The molecule has 5 nitrogen and oxygen atoms in total. The number of halogens is 1. The van der Waals surface area contributed by atoms with Crippen molar-refractivity contribution in [3.8, 4) is 5.69 Å². The number of aromatic nitrogens is 2. The Bertz CT molecular complexity index is 1500. The van der Waals surface area contributed by atoms with E-state index < -0.39 is 5.25 Å². The van der Waals surface area contributed by atoms with Gasteiger partial charge in [-0.2, -0.15) is 0 Å². The summed E-state index contributed by atoms with van der Waals surface area (Å²) in [4.78, 5) is 33.8. The molecule has 4 aromatic rings. The average molecular weight is 518 g/mol. The molecule has 1 aliphatic rings. The summed E-state index contributed by atoms with van der Waals surface area (Å²) in [7, 11) is 0. The number of hydrogen-bond donors (Lipinski definition) is 0. The minimum absolute atomic E-state index is 0.00840. The maximum Gasteiger partial charge on any atom is 0.266 e. The molecule has 2 heterocycles. The van der Waals surface area contributed by atoms with Gasteiger partial charge in [-0.05, 0) is 73.2 Å². The van der Waals surface area contributed by atoms with Crippen molar-refractivity contribution in [3.05, 3.63) is 93.2 Å². The molecule has 0 radical (unpaired) electrons. The van der Waals surface area contributed by atoms with Gasteiger partial charge in [0.05, 0.1) is 21.8 Å². The number of rotatable bonds is 6. The Kier molecular flexibility index (Phi) is 6.91. The van der Waals surface area contributed by atoms with Crippen LogP contribution in [-0.4, -0.2) is 27.3 Å². The summed E-state index contributed by atoms with van der Waals surface area (Å²) in [6.45, 7) is 6.89. The summed E-state index contributed by atoms with van der Waals surface area (Å²) in [6, 6.07) is 21.2. The molecule has 1 aliphatic heterocycles. The molecular formula is C29H28ClN3O2S. The molecular weight excluding hydrogens is 490 g/mol. The molecule has 0 N–H and O–H groups in total. The Morgan fingerprint density at radius 2 is 1.83 bits per heavy atom. The van der Waals surface area contributed by atoms with E-state index in [-0.39, 0.29) is 11.5 Å². The predicted octanol–water partition coefficient (Wildman–Crippen LogP) is 6.62. The van der Waals surface area contributed by atoms with Gasteiger partial charge in [-0.3, -0.25) is 14.2 Å². The van der Waals surface area contributed by atoms with Crippen LogP contribution in [-0.2, 0) is 11.2 Å². The third kappa shape index (κ3) is 4.56. The van der Waals surface area contributed by atoms with Crippen LogP contribution in [0.2, 0.25) is 5.02 Å². The van der Waals surface area contributed by atoms with Crippen molar-refractivity contribution in [1.29, 1.82) is 0 Å². The van der Waals surface area contributed by atoms with Crippen LogP contribution in [0.3, 0.4) is 0 Å². The van der Waals surface area contributed by atoms with Crippen molar-refractivity contribution in [3.63, 3.8) is 0 Å². The first kappa shape index (κ1) is 24.6. The van der Waals surface area contributed by atoms with Crippen molar-refractivity contribution in [2.45, 2.75) is 49.9 Å². The number of amides is 1. The van der Waals surface area contributed by atoms with Gasteiger partial charge < -0.3 is 4.90 Å². The number of hydrogen-bond acceptors (Lipinski definition) is 4. The first-order chi connectivity index (χ1) is 17.4. The molecule has 0 saturated carbocycles. The maximum atomic E-state index is 13.7. The molecule has 0 unspecified atom stereocenters. The number of thioether (sulfide) groups is 1. The fourth-order valence-electron chi connectivity index (χ4n) is 4.63. The number of benzene rings is 3. The van der Waals surface area contributed by atoms with Crippen LogP contribution in [0.15, 0.2) is 76.7 Å². The van der Waals surface area contributed by atoms with Gasteiger partial charge in [-0.25, -0.2) is 4.98 Å². The highest BCUT2D eigenvalue weighted by Gasteiger charge is 2.29. The molecule has 1 amide bonds. The summed E-state index contributed by atoms with van der Waals surface area (Å²) < 4.78 is 1.60. The third-order valence-corrected chi connectivity index (χ3v) is 8.19. The summed E-state index contributed by atoms with van der Waals surface area (Å²) in [6.07, 6.45) is 1.89. The van der Waals surface area contributed by atoms with Gasteiger partial charge in [-0.15, -0.1) is 0 Å². The van der Waals surface area contributed by atoms with E-state index in [1.807, 2.05) is 42.2 Å². The van der Waals surface area contributed by atoms with E-state index in [9.17, 15) is 9.59 Å². The normalized spacial score (nSPS) is 14.6. The van der Waals surface area contributed by atoms with Crippen LogP contribution >= 0.6 is 23.4 Å². The quantitative estimate of drug-likeness (QED) is 0.213. The molecule has 3 aromatic carbocycles. The van der Waals surface area contributed by atoms with E-state index in [1.54, 1.807) is 22.8 Å². The summed E-state index contributed by atoms with van der Waals surface area (Å²) >= 11 is 7.52. The Labute approximate surface area is 220 Å². The Morgan fingerprint density at radius 1 is 1.08 bits per heavy atom. The molecule has 36 heavy (non-hydrogen) atoms. The fourth-order valence-corrected chi connectivity index (χ4v) is 5.79. The summed E-state index contributed by atoms with van der Waals surface area (Å²) in [5.41, 5.74) is 4.45. The van der Waals surface area contributed by atoms with Crippen molar-refractivity contribution in [1.82, 2.24) is 9.55 Å². The van der Waals surface area contributed by atoms with Gasteiger partial charge in [-0.1, -0.05) is 67.5 Å². The Balaban J connectivity index is 1.55. The van der Waals surface area contributed by atoms with Crippen molar-refractivity contribution in [2.75, 3.05) is 11.4 Å². The smallest absolute Gasteiger partial charge is 0.266 e. The van der Waals surface area contributed by atoms with Crippen LogP contribution in [0.1, 0.15) is 44.2 Å². The van der Waals surface area contributed by atoms with E-state index in [0.717, 1.165) is 24.2 Å². The number of fused-ring (bicyclic) bond motifs is 2. The zero-order chi connectivity index (χ0) is 25.4. The van der Waals surface area contributed by atoms with Gasteiger partial charge in [0, 0.05) is 17.3 Å². The molecule has 0 fully saturated rings. The molecule has 0 aliphatic carbocycles. The zero-order valence-corrected chi connectivity index (χ0v) is 22.1. The molecule has 1 aromatic heterocycles. The number of para-hydroxylation sites is 1. The highest BCUT2D eigenvalue weighted by atomic mass is 35.5. The van der Waals surface area contributed by atoms with Gasteiger partial charge in [0.1, 0.15) is 0 Å². The lowest BCUT2D eigenvalue weighted by atomic mass is 9.98. The van der Waals surface area contributed by atoms with Crippen LogP contribution < -0.4 is 10.5 Å². The van der Waals surface area contributed by atoms with E-state index >= 15 is 0 Å². The lowest BCUT2D eigenvalue weighted by Crippen LogP contribution is -2.35. The first-order valence-electron chi connectivity index (χ1n) is 12.3. The average Bonchev–Trinajstić information content (AvgIpc) is 3.33. The summed E-state index contributed by atoms with van der Waals surface area (Å²) in [5.74, 6) is 0.438. The monoisotopic (exact) mass is 517 g/mol. The molecule has 0 bridgehead atoms. The second-order valence-corrected chi connectivity index (χ2v) is 11.0. The number of anilines is 1. The molecule has 184 valence electrons. The summed E-state index contributed by atoms with van der Waals surface area (Å²) in [5, 5.41) is 0.986. The van der Waals surface area contributed by atoms with Crippen LogP contribution in [0.5, 0.6) is 0 Å². The number of carbonyl (C=O) groups is 1. The number of nitrogens with zero attached hydrogens (tertiary/aromatic N) is 3. The molecule has 7 heteroatoms. The topological polar surface area (TPSA) is 55.2 Å². The fraction of sp³-hybridized carbons (Fsp3) is 0.276.